The zero-order valence-electron chi connectivity index (χ0n) is 20.2. The van der Waals surface area contributed by atoms with Crippen molar-refractivity contribution >= 4 is 56.0 Å². The molecule has 3 rings (SSSR count). The van der Waals surface area contributed by atoms with Crippen molar-refractivity contribution in [3.05, 3.63) is 62.4 Å². The Morgan fingerprint density at radius 3 is 2.00 bits per heavy atom. The summed E-state index contributed by atoms with van der Waals surface area (Å²) in [6.45, 7) is 5.19. The number of Topliss-reactive ketones (excluding diaryl/α,β-unsaturated/α-hetero) is 1. The molecule has 11 nitrogen and oxygen atoms in total. The fraction of sp³-hybridized carbons (Fsp3) is 0.261. The SMILES string of the molecule is CCOC(=O)CC(C)=O.CS(=O)(=O)O.Cc1cc(=O)oc2cc(O)c(Cl)cc12.Oc1ccc(Cl)c(O)c1. The number of rotatable bonds is 3. The summed E-state index contributed by atoms with van der Waals surface area (Å²) in [7, 11) is -3.67. The Hall–Kier alpha value is -3.32. The van der Waals surface area contributed by atoms with Crippen LogP contribution in [0.1, 0.15) is 25.8 Å². The minimum atomic E-state index is -3.67. The van der Waals surface area contributed by atoms with E-state index in [9.17, 15) is 27.9 Å². The highest BCUT2D eigenvalue weighted by molar-refractivity contribution is 7.85. The van der Waals surface area contributed by atoms with Gasteiger partial charge >= 0.3 is 11.6 Å². The van der Waals surface area contributed by atoms with Gasteiger partial charge in [0, 0.05) is 23.6 Å². The molecule has 0 unspecified atom stereocenters. The van der Waals surface area contributed by atoms with Gasteiger partial charge in [-0.25, -0.2) is 4.79 Å². The lowest BCUT2D eigenvalue weighted by Crippen LogP contribution is -2.07. The third kappa shape index (κ3) is 15.4. The second kappa shape index (κ2) is 15.7. The first-order chi connectivity index (χ1) is 16.9. The van der Waals surface area contributed by atoms with E-state index in [4.69, 9.17) is 42.4 Å². The zero-order chi connectivity index (χ0) is 28.9. The monoisotopic (exact) mass is 580 g/mol. The van der Waals surface area contributed by atoms with Crippen LogP contribution in [0.4, 0.5) is 0 Å². The Morgan fingerprint density at radius 2 is 1.54 bits per heavy atom. The molecule has 3 aromatic rings. The molecule has 0 bridgehead atoms. The highest BCUT2D eigenvalue weighted by Gasteiger charge is 2.06. The molecule has 1 aromatic heterocycles. The summed E-state index contributed by atoms with van der Waals surface area (Å²) in [6.07, 6.45) is 0.612. The molecule has 0 amide bonds. The lowest BCUT2D eigenvalue weighted by Gasteiger charge is -2.02. The van der Waals surface area contributed by atoms with Gasteiger partial charge in [-0.05, 0) is 44.5 Å². The van der Waals surface area contributed by atoms with Gasteiger partial charge in [-0.15, -0.1) is 0 Å². The second-order valence-electron chi connectivity index (χ2n) is 7.10. The number of benzene rings is 2. The van der Waals surface area contributed by atoms with Gasteiger partial charge in [0.05, 0.1) is 22.9 Å². The molecule has 0 radical (unpaired) electrons. The molecular weight excluding hydrogens is 555 g/mol. The Balaban J connectivity index is 0.000000498. The van der Waals surface area contributed by atoms with Crippen molar-refractivity contribution in [1.29, 1.82) is 0 Å². The molecule has 0 atom stereocenters. The molecule has 14 heteroatoms. The van der Waals surface area contributed by atoms with Crippen LogP contribution < -0.4 is 5.63 Å². The number of aryl methyl sites for hydroxylation is 1. The number of halogens is 2. The number of fused-ring (bicyclic) bond motifs is 1. The van der Waals surface area contributed by atoms with Crippen molar-refractivity contribution in [2.24, 2.45) is 0 Å². The summed E-state index contributed by atoms with van der Waals surface area (Å²) in [5.41, 5.74) is 0.687. The van der Waals surface area contributed by atoms with Crippen molar-refractivity contribution in [2.45, 2.75) is 27.2 Å². The number of hydrogen-bond acceptors (Lipinski definition) is 10. The molecule has 204 valence electrons. The average molecular weight is 581 g/mol. The Morgan fingerprint density at radius 1 is 1.00 bits per heavy atom. The molecule has 0 fully saturated rings. The van der Waals surface area contributed by atoms with E-state index in [1.165, 1.54) is 37.3 Å². The molecule has 4 N–H and O–H groups in total. The van der Waals surface area contributed by atoms with Crippen LogP contribution in [-0.4, -0.2) is 52.9 Å². The number of carbonyl (C=O) groups excluding carboxylic acids is 2. The summed E-state index contributed by atoms with van der Waals surface area (Å²) < 4.78 is 35.3. The molecule has 0 aliphatic carbocycles. The molecular formula is C23H26Cl2O11S. The van der Waals surface area contributed by atoms with Gasteiger partial charge < -0.3 is 24.5 Å². The number of ketones is 1. The van der Waals surface area contributed by atoms with E-state index < -0.39 is 21.7 Å². The van der Waals surface area contributed by atoms with Gasteiger partial charge in [0.15, 0.2) is 0 Å². The smallest absolute Gasteiger partial charge is 0.336 e. The third-order valence-corrected chi connectivity index (χ3v) is 4.27. The summed E-state index contributed by atoms with van der Waals surface area (Å²) in [4.78, 5) is 31.7. The van der Waals surface area contributed by atoms with E-state index in [2.05, 4.69) is 4.74 Å². The molecule has 0 saturated carbocycles. The Kier molecular flexibility index (Phi) is 14.3. The highest BCUT2D eigenvalue weighted by Crippen LogP contribution is 2.29. The zero-order valence-corrected chi connectivity index (χ0v) is 22.5. The fourth-order valence-electron chi connectivity index (χ4n) is 2.24. The molecule has 0 spiro atoms. The predicted octanol–water partition coefficient (Wildman–Crippen LogP) is 4.24. The van der Waals surface area contributed by atoms with Crippen LogP contribution in [0.15, 0.2) is 45.6 Å². The van der Waals surface area contributed by atoms with Crippen molar-refractivity contribution in [3.63, 3.8) is 0 Å². The van der Waals surface area contributed by atoms with Crippen LogP contribution in [-0.2, 0) is 24.4 Å². The van der Waals surface area contributed by atoms with Crippen molar-refractivity contribution in [2.75, 3.05) is 12.9 Å². The predicted molar refractivity (Wildman–Crippen MR) is 138 cm³/mol. The van der Waals surface area contributed by atoms with Crippen molar-refractivity contribution in [3.8, 4) is 17.2 Å². The highest BCUT2D eigenvalue weighted by atomic mass is 35.5. The summed E-state index contributed by atoms with van der Waals surface area (Å²) in [5.74, 6) is -0.778. The van der Waals surface area contributed by atoms with E-state index in [0.29, 0.717) is 18.4 Å². The van der Waals surface area contributed by atoms with Gasteiger partial charge in [-0.1, -0.05) is 23.2 Å². The standard InChI is InChI=1S/C10H7ClO3.C6H5ClO2.C6H10O3.CH4O3S/c1-5-2-10(13)14-9-4-8(12)7(11)3-6(5)9;7-5-2-1-4(8)3-6(5)9;1-3-9-6(8)4-5(2)7;1-5(2,3)4/h2-4,12H,1H3;1-3,8-9H;3-4H2,1-2H3;1H3,(H,2,3,4). The van der Waals surface area contributed by atoms with Crippen molar-refractivity contribution < 1.29 is 47.0 Å². The molecule has 0 aliphatic rings. The van der Waals surface area contributed by atoms with E-state index in [0.717, 1.165) is 10.9 Å². The van der Waals surface area contributed by atoms with Crippen LogP contribution in [0.5, 0.6) is 17.2 Å². The van der Waals surface area contributed by atoms with Gasteiger partial charge in [0.2, 0.25) is 0 Å². The van der Waals surface area contributed by atoms with Gasteiger partial charge in [0.25, 0.3) is 10.1 Å². The van der Waals surface area contributed by atoms with Gasteiger partial charge in [-0.2, -0.15) is 8.42 Å². The first-order valence-corrected chi connectivity index (χ1v) is 12.7. The van der Waals surface area contributed by atoms with Crippen LogP contribution in [0.25, 0.3) is 11.0 Å². The number of ether oxygens (including phenoxy) is 1. The topological polar surface area (TPSA) is 189 Å². The number of hydrogen-bond donors (Lipinski definition) is 4. The third-order valence-electron chi connectivity index (χ3n) is 3.65. The molecule has 37 heavy (non-hydrogen) atoms. The normalized spacial score (nSPS) is 10.0. The average Bonchev–Trinajstić information content (AvgIpc) is 2.72. The van der Waals surface area contributed by atoms with E-state index >= 15 is 0 Å². The van der Waals surface area contributed by atoms with Crippen LogP contribution >= 0.6 is 23.2 Å². The van der Waals surface area contributed by atoms with E-state index in [1.54, 1.807) is 19.9 Å². The molecule has 0 aliphatic heterocycles. The molecule has 2 aromatic carbocycles. The fourth-order valence-corrected chi connectivity index (χ4v) is 2.53. The summed E-state index contributed by atoms with van der Waals surface area (Å²) in [5, 5.41) is 28.0. The molecule has 0 saturated heterocycles. The lowest BCUT2D eigenvalue weighted by molar-refractivity contribution is -0.145. The maximum absolute atomic E-state index is 11.0. The van der Waals surface area contributed by atoms with Crippen LogP contribution in [0, 0.1) is 6.92 Å². The maximum Gasteiger partial charge on any atom is 0.336 e. The van der Waals surface area contributed by atoms with Crippen molar-refractivity contribution in [1.82, 2.24) is 0 Å². The minimum absolute atomic E-state index is 0.0110. The first-order valence-electron chi connectivity index (χ1n) is 10.1. The summed E-state index contributed by atoms with van der Waals surface area (Å²) in [6, 6.07) is 8.31. The van der Waals surface area contributed by atoms with Crippen LogP contribution in [0.3, 0.4) is 0 Å². The Bertz CT molecular complexity index is 1380. The number of phenolic OH excluding ortho intramolecular Hbond substituents is 3. The second-order valence-corrected chi connectivity index (χ2v) is 9.38. The summed E-state index contributed by atoms with van der Waals surface area (Å²) >= 11 is 11.1. The van der Waals surface area contributed by atoms with Crippen LogP contribution in [0.2, 0.25) is 10.0 Å². The van der Waals surface area contributed by atoms with E-state index in [-0.39, 0.29) is 39.5 Å². The lowest BCUT2D eigenvalue weighted by atomic mass is 10.1. The van der Waals surface area contributed by atoms with Gasteiger partial charge in [0.1, 0.15) is 35.0 Å². The number of esters is 1. The van der Waals surface area contributed by atoms with E-state index in [1.807, 2.05) is 0 Å². The quantitative estimate of drug-likeness (QED) is 0.150. The van der Waals surface area contributed by atoms with Gasteiger partial charge in [-0.3, -0.25) is 14.1 Å². The largest absolute Gasteiger partial charge is 0.508 e. The first kappa shape index (κ1) is 33.7. The number of aromatic hydroxyl groups is 3. The maximum atomic E-state index is 11.0. The number of phenols is 3. The number of carbonyl (C=O) groups is 2. The molecule has 1 heterocycles. The Labute approximate surface area is 222 Å². The minimum Gasteiger partial charge on any atom is -0.508 e.